The Kier molecular flexibility index (Phi) is 5.70. The molecule has 1 saturated heterocycles. The number of nitrogens with zero attached hydrogens (tertiary/aromatic N) is 1. The lowest BCUT2D eigenvalue weighted by Crippen LogP contribution is -2.33. The van der Waals surface area contributed by atoms with Gasteiger partial charge >= 0.3 is 5.97 Å². The summed E-state index contributed by atoms with van der Waals surface area (Å²) < 4.78 is 5.07. The Morgan fingerprint density at radius 1 is 1.06 bits per heavy atom. The Labute approximate surface area is 205 Å². The predicted molar refractivity (Wildman–Crippen MR) is 127 cm³/mol. The number of hydrogen-bond acceptors (Lipinski definition) is 5. The summed E-state index contributed by atoms with van der Waals surface area (Å²) in [6.45, 7) is 1.51. The molecule has 3 amide bonds. The third-order valence-corrected chi connectivity index (χ3v) is 7.33. The zero-order valence-corrected chi connectivity index (χ0v) is 19.6. The molecule has 2 aromatic carbocycles. The number of anilines is 2. The zero-order valence-electron chi connectivity index (χ0n) is 18.1. The maximum Gasteiger partial charge on any atom is 0.338 e. The molecule has 2 fully saturated rings. The van der Waals surface area contributed by atoms with E-state index in [4.69, 9.17) is 27.9 Å². The van der Waals surface area contributed by atoms with Crippen LogP contribution >= 0.6 is 23.2 Å². The number of nitrogens with one attached hydrogen (secondary N) is 1. The summed E-state index contributed by atoms with van der Waals surface area (Å²) >= 11 is 11.8. The molecule has 0 spiro atoms. The molecule has 0 aromatic heterocycles. The van der Waals surface area contributed by atoms with Crippen molar-refractivity contribution in [2.45, 2.75) is 13.3 Å². The van der Waals surface area contributed by atoms with E-state index in [1.54, 1.807) is 24.3 Å². The van der Waals surface area contributed by atoms with Gasteiger partial charge in [0.1, 0.15) is 0 Å². The molecule has 7 nitrogen and oxygen atoms in total. The summed E-state index contributed by atoms with van der Waals surface area (Å²) in [5.74, 6) is -1.95. The molecular formula is C25H20Cl2N2O5. The Morgan fingerprint density at radius 3 is 2.47 bits per heavy atom. The first-order chi connectivity index (χ1) is 16.2. The molecule has 174 valence electrons. The summed E-state index contributed by atoms with van der Waals surface area (Å²) in [5, 5.41) is 3.23. The number of imide groups is 1. The molecular weight excluding hydrogens is 479 g/mol. The van der Waals surface area contributed by atoms with Gasteiger partial charge in [0.2, 0.25) is 11.8 Å². The molecule has 1 saturated carbocycles. The van der Waals surface area contributed by atoms with Crippen LogP contribution in [0.15, 0.2) is 54.1 Å². The Balaban J connectivity index is 1.21. The molecule has 2 aliphatic carbocycles. The first-order valence-electron chi connectivity index (χ1n) is 10.8. The van der Waals surface area contributed by atoms with Gasteiger partial charge in [-0.05, 0) is 67.6 Å². The number of ether oxygens (including phenoxy) is 1. The van der Waals surface area contributed by atoms with E-state index in [-0.39, 0.29) is 46.1 Å². The minimum absolute atomic E-state index is 0.125. The van der Waals surface area contributed by atoms with Gasteiger partial charge in [-0.15, -0.1) is 0 Å². The Hall–Kier alpha value is -3.16. The molecule has 1 heterocycles. The maximum atomic E-state index is 13.0. The number of benzene rings is 2. The van der Waals surface area contributed by atoms with Crippen molar-refractivity contribution in [3.05, 3.63) is 69.7 Å². The van der Waals surface area contributed by atoms with Crippen molar-refractivity contribution < 1.29 is 23.9 Å². The zero-order chi connectivity index (χ0) is 24.1. The topological polar surface area (TPSA) is 92.8 Å². The largest absolute Gasteiger partial charge is 0.452 e. The molecule has 1 N–H and O–H groups in total. The fourth-order valence-corrected chi connectivity index (χ4v) is 5.72. The van der Waals surface area contributed by atoms with Gasteiger partial charge in [0.15, 0.2) is 6.61 Å². The molecule has 2 aromatic rings. The number of carbonyl (C=O) groups excluding carboxylic acids is 4. The van der Waals surface area contributed by atoms with Crippen molar-refractivity contribution in [1.82, 2.24) is 0 Å². The number of carbonyl (C=O) groups is 4. The molecule has 5 rings (SSSR count). The van der Waals surface area contributed by atoms with Crippen LogP contribution in [0.5, 0.6) is 0 Å². The van der Waals surface area contributed by atoms with Crippen LogP contribution in [0, 0.1) is 23.7 Å². The van der Waals surface area contributed by atoms with Crippen LogP contribution in [0.1, 0.15) is 23.7 Å². The number of allylic oxidation sites excluding steroid dienone is 2. The average molecular weight is 499 g/mol. The normalized spacial score (nSPS) is 24.8. The van der Waals surface area contributed by atoms with Crippen molar-refractivity contribution in [2.75, 3.05) is 16.8 Å². The second kappa shape index (κ2) is 8.56. The molecule has 2 bridgehead atoms. The van der Waals surface area contributed by atoms with Crippen molar-refractivity contribution in [2.24, 2.45) is 23.7 Å². The lowest BCUT2D eigenvalue weighted by molar-refractivity contribution is -0.123. The smallest absolute Gasteiger partial charge is 0.338 e. The highest BCUT2D eigenvalue weighted by atomic mass is 35.5. The van der Waals surface area contributed by atoms with Crippen LogP contribution in [0.4, 0.5) is 11.4 Å². The highest BCUT2D eigenvalue weighted by Gasteiger charge is 2.60. The fraction of sp³-hybridized carbons (Fsp3) is 0.280. The van der Waals surface area contributed by atoms with Crippen LogP contribution in [0.3, 0.4) is 0 Å². The molecule has 4 atom stereocenters. The number of rotatable bonds is 5. The second-order valence-corrected chi connectivity index (χ2v) is 9.62. The van der Waals surface area contributed by atoms with Gasteiger partial charge in [0.05, 0.1) is 33.8 Å². The van der Waals surface area contributed by atoms with E-state index in [0.717, 1.165) is 6.42 Å². The summed E-state index contributed by atoms with van der Waals surface area (Å²) in [5.41, 5.74) is 2.15. The van der Waals surface area contributed by atoms with E-state index in [2.05, 4.69) is 11.4 Å². The first-order valence-corrected chi connectivity index (χ1v) is 11.6. The van der Waals surface area contributed by atoms with E-state index in [9.17, 15) is 19.2 Å². The molecule has 34 heavy (non-hydrogen) atoms. The highest BCUT2D eigenvalue weighted by molar-refractivity contribution is 6.36. The van der Waals surface area contributed by atoms with Gasteiger partial charge in [-0.3, -0.25) is 19.3 Å². The SMILES string of the molecule is CC1=C[C@H]2C[C@H]1[C@H]1C(=O)N(c3ccc(C(=O)OCC(=O)Nc4ccc(Cl)cc4Cl)cc3)C(=O)[C@@H]12. The van der Waals surface area contributed by atoms with E-state index in [1.807, 2.05) is 6.92 Å². The van der Waals surface area contributed by atoms with E-state index in [1.165, 1.54) is 28.7 Å². The van der Waals surface area contributed by atoms with Crippen molar-refractivity contribution in [3.63, 3.8) is 0 Å². The van der Waals surface area contributed by atoms with Crippen molar-refractivity contribution in [3.8, 4) is 0 Å². The minimum atomic E-state index is -0.710. The molecule has 1 aliphatic heterocycles. The summed E-state index contributed by atoms with van der Waals surface area (Å²) in [6.07, 6.45) is 2.99. The first kappa shape index (κ1) is 22.6. The van der Waals surface area contributed by atoms with Gasteiger partial charge in [0.25, 0.3) is 5.91 Å². The number of halogens is 2. The van der Waals surface area contributed by atoms with Gasteiger partial charge < -0.3 is 10.1 Å². The molecule has 0 unspecified atom stereocenters. The molecule has 9 heteroatoms. The number of fused-ring (bicyclic) bond motifs is 5. The van der Waals surface area contributed by atoms with E-state index >= 15 is 0 Å². The fourth-order valence-electron chi connectivity index (χ4n) is 5.27. The molecule has 0 radical (unpaired) electrons. The third-order valence-electron chi connectivity index (χ3n) is 6.78. The quantitative estimate of drug-likeness (QED) is 0.372. The Morgan fingerprint density at radius 2 is 1.76 bits per heavy atom. The summed E-state index contributed by atoms with van der Waals surface area (Å²) in [4.78, 5) is 51.7. The summed E-state index contributed by atoms with van der Waals surface area (Å²) in [6, 6.07) is 10.6. The number of esters is 1. The highest BCUT2D eigenvalue weighted by Crippen LogP contribution is 2.55. The van der Waals surface area contributed by atoms with Crippen LogP contribution in [0.2, 0.25) is 10.0 Å². The van der Waals surface area contributed by atoms with Crippen molar-refractivity contribution >= 4 is 58.3 Å². The van der Waals surface area contributed by atoms with Crippen LogP contribution < -0.4 is 10.2 Å². The Bertz CT molecular complexity index is 1260. The predicted octanol–water partition coefficient (Wildman–Crippen LogP) is 4.49. The van der Waals surface area contributed by atoms with Crippen molar-refractivity contribution in [1.29, 1.82) is 0 Å². The van der Waals surface area contributed by atoms with Gasteiger partial charge in [-0.2, -0.15) is 0 Å². The minimum Gasteiger partial charge on any atom is -0.452 e. The van der Waals surface area contributed by atoms with E-state index < -0.39 is 18.5 Å². The lowest BCUT2D eigenvalue weighted by atomic mass is 9.82. The maximum absolute atomic E-state index is 13.0. The van der Waals surface area contributed by atoms with Gasteiger partial charge in [-0.25, -0.2) is 4.79 Å². The van der Waals surface area contributed by atoms with Crippen LogP contribution in [-0.2, 0) is 19.1 Å². The van der Waals surface area contributed by atoms with Gasteiger partial charge in [0, 0.05) is 5.02 Å². The number of amides is 3. The van der Waals surface area contributed by atoms with Gasteiger partial charge in [-0.1, -0.05) is 34.9 Å². The van der Waals surface area contributed by atoms with Crippen LogP contribution in [0.25, 0.3) is 0 Å². The standard InChI is InChI=1S/C25H20Cl2N2O5/c1-12-8-14-9-17(12)22-21(14)23(31)29(24(22)32)16-5-2-13(3-6-16)25(33)34-11-20(30)28-19-7-4-15(26)10-18(19)27/h2-8,10,14,17,21-22H,9,11H2,1H3,(H,28,30)/t14-,17+,21+,22+/m0/s1. The summed E-state index contributed by atoms with van der Waals surface area (Å²) in [7, 11) is 0. The number of hydrogen-bond donors (Lipinski definition) is 1. The molecule has 3 aliphatic rings. The average Bonchev–Trinajstić information content (AvgIpc) is 3.44. The monoisotopic (exact) mass is 498 g/mol. The third kappa shape index (κ3) is 3.79. The van der Waals surface area contributed by atoms with E-state index in [0.29, 0.717) is 16.4 Å². The van der Waals surface area contributed by atoms with Crippen LogP contribution in [-0.4, -0.2) is 30.3 Å². The lowest BCUT2D eigenvalue weighted by Gasteiger charge is -2.19. The second-order valence-electron chi connectivity index (χ2n) is 8.78.